The zero-order valence-electron chi connectivity index (χ0n) is 13.8. The minimum absolute atomic E-state index is 0.145. The van der Waals surface area contributed by atoms with E-state index in [0.717, 1.165) is 27.1 Å². The van der Waals surface area contributed by atoms with E-state index >= 15 is 0 Å². The lowest BCUT2D eigenvalue weighted by molar-refractivity contribution is 0.102. The van der Waals surface area contributed by atoms with Crippen molar-refractivity contribution in [2.75, 3.05) is 5.32 Å². The van der Waals surface area contributed by atoms with Gasteiger partial charge in [0.05, 0.1) is 22.6 Å². The number of carbonyl (C=O) groups is 1. The van der Waals surface area contributed by atoms with Crippen molar-refractivity contribution < 1.29 is 4.79 Å². The predicted molar refractivity (Wildman–Crippen MR) is 99.9 cm³/mol. The molecule has 0 saturated carbocycles. The number of para-hydroxylation sites is 1. The van der Waals surface area contributed by atoms with Crippen molar-refractivity contribution in [1.82, 2.24) is 9.78 Å². The van der Waals surface area contributed by atoms with E-state index in [1.165, 1.54) is 0 Å². The van der Waals surface area contributed by atoms with E-state index in [0.29, 0.717) is 11.3 Å². The molecule has 2 aromatic carbocycles. The maximum Gasteiger partial charge on any atom is 0.259 e. The zero-order valence-corrected chi connectivity index (χ0v) is 15.4. The molecule has 0 fully saturated rings. The Morgan fingerprint density at radius 3 is 2.46 bits per heavy atom. The van der Waals surface area contributed by atoms with Gasteiger partial charge in [0.15, 0.2) is 0 Å². The van der Waals surface area contributed by atoms with Gasteiger partial charge in [-0.1, -0.05) is 34.1 Å². The van der Waals surface area contributed by atoms with Gasteiger partial charge in [0, 0.05) is 10.2 Å². The van der Waals surface area contributed by atoms with Gasteiger partial charge in [0.1, 0.15) is 0 Å². The van der Waals surface area contributed by atoms with E-state index < -0.39 is 0 Å². The Morgan fingerprint density at radius 1 is 1.08 bits per heavy atom. The van der Waals surface area contributed by atoms with Gasteiger partial charge < -0.3 is 5.32 Å². The van der Waals surface area contributed by atoms with Crippen LogP contribution in [0.4, 0.5) is 5.69 Å². The van der Waals surface area contributed by atoms with Crippen LogP contribution in [-0.2, 0) is 0 Å². The molecule has 0 bridgehead atoms. The summed E-state index contributed by atoms with van der Waals surface area (Å²) < 4.78 is 2.82. The summed E-state index contributed by atoms with van der Waals surface area (Å²) in [7, 11) is 0. The minimum Gasteiger partial charge on any atom is -0.322 e. The topological polar surface area (TPSA) is 46.9 Å². The molecule has 0 radical (unpaired) electrons. The first-order valence-electron chi connectivity index (χ1n) is 7.66. The van der Waals surface area contributed by atoms with Crippen molar-refractivity contribution in [2.45, 2.75) is 20.8 Å². The summed E-state index contributed by atoms with van der Waals surface area (Å²) in [5, 5.41) is 7.48. The number of nitrogens with one attached hydrogen (secondary N) is 1. The first kappa shape index (κ1) is 16.5. The van der Waals surface area contributed by atoms with Crippen molar-refractivity contribution in [1.29, 1.82) is 0 Å². The summed E-state index contributed by atoms with van der Waals surface area (Å²) in [4.78, 5) is 12.7. The molecule has 24 heavy (non-hydrogen) atoms. The Labute approximate surface area is 149 Å². The predicted octanol–water partition coefficient (Wildman–Crippen LogP) is 4.81. The average Bonchev–Trinajstić information content (AvgIpc) is 2.86. The third kappa shape index (κ3) is 3.12. The van der Waals surface area contributed by atoms with Crippen LogP contribution in [0.5, 0.6) is 0 Å². The number of benzene rings is 2. The van der Waals surface area contributed by atoms with Gasteiger partial charge in [0.25, 0.3) is 5.91 Å². The third-order valence-corrected chi connectivity index (χ3v) is 4.82. The van der Waals surface area contributed by atoms with Crippen LogP contribution < -0.4 is 5.32 Å². The normalized spacial score (nSPS) is 10.7. The molecular weight excluding hydrogens is 366 g/mol. The smallest absolute Gasteiger partial charge is 0.259 e. The average molecular weight is 384 g/mol. The molecule has 1 heterocycles. The van der Waals surface area contributed by atoms with Crippen LogP contribution in [0.3, 0.4) is 0 Å². The van der Waals surface area contributed by atoms with Gasteiger partial charge in [-0.3, -0.25) is 4.79 Å². The number of aromatic nitrogens is 2. The number of carbonyl (C=O) groups excluding carboxylic acids is 1. The molecule has 0 aliphatic carbocycles. The maximum atomic E-state index is 12.7. The lowest BCUT2D eigenvalue weighted by Gasteiger charge is -2.08. The van der Waals surface area contributed by atoms with Crippen molar-refractivity contribution in [3.63, 3.8) is 0 Å². The van der Waals surface area contributed by atoms with Crippen LogP contribution in [0.1, 0.15) is 27.3 Å². The summed E-state index contributed by atoms with van der Waals surface area (Å²) in [6.07, 6.45) is 0. The molecule has 1 N–H and O–H groups in total. The number of nitrogens with zero attached hydrogens (tertiary/aromatic N) is 2. The fourth-order valence-electron chi connectivity index (χ4n) is 2.71. The van der Waals surface area contributed by atoms with Crippen molar-refractivity contribution in [2.24, 2.45) is 0 Å². The molecule has 0 atom stereocenters. The van der Waals surface area contributed by atoms with E-state index in [1.54, 1.807) is 4.68 Å². The Morgan fingerprint density at radius 2 is 1.79 bits per heavy atom. The number of hydrogen-bond donors (Lipinski definition) is 1. The molecule has 3 rings (SSSR count). The molecule has 4 nitrogen and oxygen atoms in total. The number of halogens is 1. The van der Waals surface area contributed by atoms with E-state index in [-0.39, 0.29) is 5.91 Å². The zero-order chi connectivity index (χ0) is 17.3. The Balaban J connectivity index is 1.93. The van der Waals surface area contributed by atoms with E-state index in [1.807, 2.05) is 69.3 Å². The summed E-state index contributed by atoms with van der Waals surface area (Å²) in [5.74, 6) is -0.145. The molecule has 3 aromatic rings. The van der Waals surface area contributed by atoms with E-state index in [2.05, 4.69) is 26.3 Å². The fraction of sp³-hybridized carbons (Fsp3) is 0.158. The molecule has 1 amide bonds. The van der Waals surface area contributed by atoms with Gasteiger partial charge in [-0.2, -0.15) is 5.10 Å². The van der Waals surface area contributed by atoms with E-state index in [4.69, 9.17) is 0 Å². The van der Waals surface area contributed by atoms with Crippen molar-refractivity contribution >= 4 is 27.5 Å². The number of anilines is 1. The highest BCUT2D eigenvalue weighted by atomic mass is 79.9. The van der Waals surface area contributed by atoms with Gasteiger partial charge >= 0.3 is 0 Å². The molecule has 0 spiro atoms. The second kappa shape index (κ2) is 6.61. The molecule has 5 heteroatoms. The summed E-state index contributed by atoms with van der Waals surface area (Å²) in [6.45, 7) is 5.76. The number of rotatable bonds is 3. The van der Waals surface area contributed by atoms with Gasteiger partial charge in [-0.25, -0.2) is 4.68 Å². The summed E-state index contributed by atoms with van der Waals surface area (Å²) in [6, 6.07) is 15.6. The quantitative estimate of drug-likeness (QED) is 0.704. The summed E-state index contributed by atoms with van der Waals surface area (Å²) in [5.41, 5.74) is 4.93. The minimum atomic E-state index is -0.145. The first-order valence-corrected chi connectivity index (χ1v) is 8.46. The second-order valence-corrected chi connectivity index (χ2v) is 6.57. The number of aryl methyl sites for hydroxylation is 2. The highest BCUT2D eigenvalue weighted by molar-refractivity contribution is 9.10. The largest absolute Gasteiger partial charge is 0.322 e. The molecule has 0 unspecified atom stereocenters. The molecule has 1 aromatic heterocycles. The van der Waals surface area contributed by atoms with Crippen molar-refractivity contribution in [3.8, 4) is 5.69 Å². The third-order valence-electron chi connectivity index (χ3n) is 3.93. The monoisotopic (exact) mass is 383 g/mol. The Hall–Kier alpha value is -2.40. The standard InChI is InChI=1S/C19H18BrN3O/c1-12-11-15(9-10-17(12)20)21-19(24)18-13(2)22-23(14(18)3)16-7-5-4-6-8-16/h4-11H,1-3H3,(H,21,24). The van der Waals surface area contributed by atoms with Crippen LogP contribution in [0.2, 0.25) is 0 Å². The van der Waals surface area contributed by atoms with Crippen LogP contribution in [0.25, 0.3) is 5.69 Å². The van der Waals surface area contributed by atoms with E-state index in [9.17, 15) is 4.79 Å². The lowest BCUT2D eigenvalue weighted by atomic mass is 10.1. The van der Waals surface area contributed by atoms with Crippen LogP contribution in [0.15, 0.2) is 53.0 Å². The highest BCUT2D eigenvalue weighted by Gasteiger charge is 2.19. The highest BCUT2D eigenvalue weighted by Crippen LogP contribution is 2.22. The molecule has 122 valence electrons. The van der Waals surface area contributed by atoms with Gasteiger partial charge in [0.2, 0.25) is 0 Å². The molecule has 0 saturated heterocycles. The first-order chi connectivity index (χ1) is 11.5. The molecular formula is C19H18BrN3O. The Bertz CT molecular complexity index is 900. The van der Waals surface area contributed by atoms with Crippen LogP contribution in [-0.4, -0.2) is 15.7 Å². The number of hydrogen-bond acceptors (Lipinski definition) is 2. The molecule has 0 aliphatic heterocycles. The van der Waals surface area contributed by atoms with Crippen molar-refractivity contribution in [3.05, 3.63) is 75.5 Å². The fourth-order valence-corrected chi connectivity index (χ4v) is 2.95. The van der Waals surface area contributed by atoms with Crippen LogP contribution in [0, 0.1) is 20.8 Å². The van der Waals surface area contributed by atoms with Gasteiger partial charge in [-0.05, 0) is 56.7 Å². The number of amides is 1. The molecule has 0 aliphatic rings. The maximum absolute atomic E-state index is 12.7. The lowest BCUT2D eigenvalue weighted by Crippen LogP contribution is -2.14. The SMILES string of the molecule is Cc1cc(NC(=O)c2c(C)nn(-c3ccccc3)c2C)ccc1Br. The summed E-state index contributed by atoms with van der Waals surface area (Å²) >= 11 is 3.47. The Kier molecular flexibility index (Phi) is 4.53. The van der Waals surface area contributed by atoms with Crippen LogP contribution >= 0.6 is 15.9 Å². The van der Waals surface area contributed by atoms with Gasteiger partial charge in [-0.15, -0.1) is 0 Å². The second-order valence-electron chi connectivity index (χ2n) is 5.71.